The number of ether oxygens (including phenoxy) is 6. The second kappa shape index (κ2) is 30.6. The van der Waals surface area contributed by atoms with Crippen LogP contribution in [0, 0.1) is 11.8 Å². The van der Waals surface area contributed by atoms with Gasteiger partial charge in [-0.15, -0.1) is 0 Å². The zero-order chi connectivity index (χ0) is 43.4. The third-order valence-corrected chi connectivity index (χ3v) is 11.7. The van der Waals surface area contributed by atoms with Crippen LogP contribution in [0.1, 0.15) is 170 Å². The number of esters is 2. The van der Waals surface area contributed by atoms with E-state index in [0.717, 1.165) is 124 Å². The fraction of sp³-hybridized carbons (Fsp3) is 0.692. The number of fused-ring (bicyclic) bond motifs is 2. The van der Waals surface area contributed by atoms with E-state index < -0.39 is 12.2 Å². The molecule has 338 valence electrons. The van der Waals surface area contributed by atoms with Crippen molar-refractivity contribution in [3.8, 4) is 11.5 Å². The SMILES string of the molecule is CCCCCCC(=O)OC(COCC(CC)CCCC)COc1c2ccccc2c(OCC(COCC(CC)CCCC)OC(=O)CCCCCC)c2cc(CC)ccc12. The minimum absolute atomic E-state index is 0.159. The van der Waals surface area contributed by atoms with Gasteiger partial charge in [-0.3, -0.25) is 9.59 Å². The van der Waals surface area contributed by atoms with Crippen LogP contribution in [0.2, 0.25) is 0 Å². The highest BCUT2D eigenvalue weighted by Gasteiger charge is 2.23. The number of unbranched alkanes of at least 4 members (excludes halogenated alkanes) is 8. The van der Waals surface area contributed by atoms with Crippen LogP contribution in [0.3, 0.4) is 0 Å². The van der Waals surface area contributed by atoms with Gasteiger partial charge in [0, 0.05) is 47.6 Å². The summed E-state index contributed by atoms with van der Waals surface area (Å²) in [6.45, 7) is 17.5. The van der Waals surface area contributed by atoms with E-state index in [1.54, 1.807) is 0 Å². The molecule has 8 nitrogen and oxygen atoms in total. The van der Waals surface area contributed by atoms with E-state index in [9.17, 15) is 9.59 Å². The van der Waals surface area contributed by atoms with Crippen LogP contribution in [0.25, 0.3) is 21.5 Å². The quantitative estimate of drug-likeness (QED) is 0.0329. The zero-order valence-electron chi connectivity index (χ0n) is 38.8. The first kappa shape index (κ1) is 51.0. The first-order valence-corrected chi connectivity index (χ1v) is 24.1. The molecular formula is C52H82O8. The van der Waals surface area contributed by atoms with Crippen molar-refractivity contribution in [1.82, 2.24) is 0 Å². The topological polar surface area (TPSA) is 89.5 Å². The van der Waals surface area contributed by atoms with Crippen LogP contribution in [0.15, 0.2) is 42.5 Å². The first-order valence-electron chi connectivity index (χ1n) is 24.1. The molecule has 0 aliphatic heterocycles. The van der Waals surface area contributed by atoms with Crippen LogP contribution >= 0.6 is 0 Å². The number of carbonyl (C=O) groups is 2. The summed E-state index contributed by atoms with van der Waals surface area (Å²) in [5.74, 6) is 1.97. The van der Waals surface area contributed by atoms with Crippen molar-refractivity contribution in [3.63, 3.8) is 0 Å². The van der Waals surface area contributed by atoms with Crippen molar-refractivity contribution in [1.29, 1.82) is 0 Å². The second-order valence-corrected chi connectivity index (χ2v) is 16.8. The molecule has 60 heavy (non-hydrogen) atoms. The van der Waals surface area contributed by atoms with Gasteiger partial charge in [-0.1, -0.05) is 162 Å². The average molecular weight is 835 g/mol. The Morgan fingerprint density at radius 1 is 0.483 bits per heavy atom. The maximum atomic E-state index is 13.1. The predicted octanol–water partition coefficient (Wildman–Crippen LogP) is 13.5. The Bertz CT molecular complexity index is 1620. The molecule has 0 heterocycles. The number of benzene rings is 3. The zero-order valence-corrected chi connectivity index (χ0v) is 38.8. The van der Waals surface area contributed by atoms with Crippen molar-refractivity contribution in [2.75, 3.05) is 39.6 Å². The van der Waals surface area contributed by atoms with Crippen molar-refractivity contribution >= 4 is 33.5 Å². The van der Waals surface area contributed by atoms with Gasteiger partial charge in [-0.2, -0.15) is 0 Å². The van der Waals surface area contributed by atoms with Gasteiger partial charge in [-0.05, 0) is 55.6 Å². The number of hydrogen-bond donors (Lipinski definition) is 0. The summed E-state index contributed by atoms with van der Waals surface area (Å²) in [5.41, 5.74) is 1.17. The normalized spacial score (nSPS) is 13.6. The van der Waals surface area contributed by atoms with Gasteiger partial charge in [0.05, 0.1) is 13.2 Å². The van der Waals surface area contributed by atoms with Crippen LogP contribution < -0.4 is 9.47 Å². The smallest absolute Gasteiger partial charge is 0.306 e. The van der Waals surface area contributed by atoms with E-state index in [4.69, 9.17) is 28.4 Å². The van der Waals surface area contributed by atoms with Gasteiger partial charge >= 0.3 is 11.9 Å². The van der Waals surface area contributed by atoms with Gasteiger partial charge in [0.15, 0.2) is 12.2 Å². The van der Waals surface area contributed by atoms with Crippen LogP contribution in [-0.4, -0.2) is 63.8 Å². The average Bonchev–Trinajstić information content (AvgIpc) is 3.26. The van der Waals surface area contributed by atoms with Gasteiger partial charge in [-0.25, -0.2) is 0 Å². The molecule has 0 radical (unpaired) electrons. The predicted molar refractivity (Wildman–Crippen MR) is 247 cm³/mol. The third-order valence-electron chi connectivity index (χ3n) is 11.7. The third kappa shape index (κ3) is 18.3. The summed E-state index contributed by atoms with van der Waals surface area (Å²) in [5, 5.41) is 3.61. The minimum atomic E-state index is -0.557. The van der Waals surface area contributed by atoms with E-state index in [2.05, 4.69) is 72.7 Å². The lowest BCUT2D eigenvalue weighted by Gasteiger charge is -2.24. The van der Waals surface area contributed by atoms with Crippen molar-refractivity contribution in [2.24, 2.45) is 11.8 Å². The summed E-state index contributed by atoms with van der Waals surface area (Å²) in [6, 6.07) is 14.5. The molecule has 0 bridgehead atoms. The monoisotopic (exact) mass is 835 g/mol. The summed E-state index contributed by atoms with van der Waals surface area (Å²) in [6.07, 6.45) is 17.7. The summed E-state index contributed by atoms with van der Waals surface area (Å²) < 4.78 is 38.2. The molecule has 0 fully saturated rings. The molecule has 8 heteroatoms. The van der Waals surface area contributed by atoms with Crippen LogP contribution in [0.5, 0.6) is 11.5 Å². The molecule has 0 aromatic heterocycles. The highest BCUT2D eigenvalue weighted by atomic mass is 16.6. The van der Waals surface area contributed by atoms with Crippen molar-refractivity contribution in [2.45, 2.75) is 183 Å². The summed E-state index contributed by atoms with van der Waals surface area (Å²) in [4.78, 5) is 26.2. The highest BCUT2D eigenvalue weighted by molar-refractivity contribution is 6.11. The molecule has 0 saturated heterocycles. The van der Waals surface area contributed by atoms with E-state index >= 15 is 0 Å². The van der Waals surface area contributed by atoms with Gasteiger partial charge in [0.2, 0.25) is 0 Å². The number of rotatable bonds is 35. The standard InChI is InChI=1S/C52H82O8/c1-8-15-19-21-29-49(53)59-43(36-55-34-41(13-6)25-17-10-3)38-57-51-45-27-23-24-28-46(45)52(48-33-40(12-5)31-32-47(48)51)58-39-44(60-50(54)30-22-20-16-9-2)37-56-35-42(14-7)26-18-11-4/h23-24,27-28,31-33,41-44H,8-22,25-26,29-30,34-39H2,1-7H3. The molecule has 0 N–H and O–H groups in total. The second-order valence-electron chi connectivity index (χ2n) is 16.8. The molecule has 3 aromatic rings. The van der Waals surface area contributed by atoms with E-state index in [1.807, 2.05) is 18.2 Å². The molecule has 0 aliphatic carbocycles. The molecule has 3 aromatic carbocycles. The Labute approximate surface area is 364 Å². The summed E-state index contributed by atoms with van der Waals surface area (Å²) in [7, 11) is 0. The first-order chi connectivity index (χ1) is 29.3. The highest BCUT2D eigenvalue weighted by Crippen LogP contribution is 2.43. The fourth-order valence-electron chi connectivity index (χ4n) is 7.67. The molecule has 4 atom stereocenters. The molecule has 3 rings (SSSR count). The maximum absolute atomic E-state index is 13.1. The van der Waals surface area contributed by atoms with Gasteiger partial charge in [0.25, 0.3) is 0 Å². The van der Waals surface area contributed by atoms with Crippen molar-refractivity contribution < 1.29 is 38.0 Å². The molecule has 0 amide bonds. The van der Waals surface area contributed by atoms with Gasteiger partial charge < -0.3 is 28.4 Å². The van der Waals surface area contributed by atoms with Gasteiger partial charge in [0.1, 0.15) is 24.7 Å². The Hall–Kier alpha value is -3.36. The van der Waals surface area contributed by atoms with Crippen LogP contribution in [-0.2, 0) is 35.0 Å². The minimum Gasteiger partial charge on any atom is -0.488 e. The lowest BCUT2D eigenvalue weighted by Crippen LogP contribution is -2.31. The fourth-order valence-corrected chi connectivity index (χ4v) is 7.67. The Morgan fingerprint density at radius 2 is 0.933 bits per heavy atom. The maximum Gasteiger partial charge on any atom is 0.306 e. The molecular weight excluding hydrogens is 753 g/mol. The van der Waals surface area contributed by atoms with E-state index in [0.29, 0.717) is 43.6 Å². The summed E-state index contributed by atoms with van der Waals surface area (Å²) >= 11 is 0. The molecule has 0 saturated carbocycles. The number of aryl methyl sites for hydroxylation is 1. The Balaban J connectivity index is 1.92. The number of hydrogen-bond acceptors (Lipinski definition) is 8. The largest absolute Gasteiger partial charge is 0.488 e. The van der Waals surface area contributed by atoms with Crippen LogP contribution in [0.4, 0.5) is 0 Å². The lowest BCUT2D eigenvalue weighted by atomic mass is 9.98. The molecule has 0 spiro atoms. The molecule has 4 unspecified atom stereocenters. The molecule has 0 aliphatic rings. The van der Waals surface area contributed by atoms with E-state index in [1.165, 1.54) is 18.4 Å². The number of carbonyl (C=O) groups excluding carboxylic acids is 2. The lowest BCUT2D eigenvalue weighted by molar-refractivity contribution is -0.155. The van der Waals surface area contributed by atoms with Crippen molar-refractivity contribution in [3.05, 3.63) is 48.0 Å². The Morgan fingerprint density at radius 3 is 1.37 bits per heavy atom. The Kier molecular flexibility index (Phi) is 26.0. The van der Waals surface area contributed by atoms with E-state index in [-0.39, 0.29) is 38.4 Å².